The van der Waals surface area contributed by atoms with Gasteiger partial charge in [0.25, 0.3) is 0 Å². The lowest BCUT2D eigenvalue weighted by molar-refractivity contribution is -0.0622. The van der Waals surface area contributed by atoms with Crippen LogP contribution in [0.5, 0.6) is 17.2 Å². The Kier molecular flexibility index (Phi) is 13.1. The topological polar surface area (TPSA) is 76.6 Å². The maximum Gasteiger partial charge on any atom is 0.127 e. The molecule has 246 valence electrons. The van der Waals surface area contributed by atoms with E-state index in [9.17, 15) is 0 Å². The lowest BCUT2D eigenvalue weighted by Gasteiger charge is -2.39. The summed E-state index contributed by atoms with van der Waals surface area (Å²) in [5.74, 6) is 2.59. The molecule has 3 atom stereocenters. The largest absolute Gasteiger partial charge is 0.496 e. The van der Waals surface area contributed by atoms with Gasteiger partial charge in [-0.2, -0.15) is 0 Å². The molecule has 0 aromatic heterocycles. The van der Waals surface area contributed by atoms with Crippen LogP contribution in [0.3, 0.4) is 0 Å². The van der Waals surface area contributed by atoms with E-state index < -0.39 is 0 Å². The van der Waals surface area contributed by atoms with Gasteiger partial charge in [-0.05, 0) is 53.3 Å². The van der Waals surface area contributed by atoms with Gasteiger partial charge in [0.15, 0.2) is 0 Å². The second kappa shape index (κ2) is 17.9. The summed E-state index contributed by atoms with van der Waals surface area (Å²) in [6.45, 7) is 4.97. The zero-order valence-electron chi connectivity index (χ0n) is 27.2. The summed E-state index contributed by atoms with van der Waals surface area (Å²) in [5, 5.41) is 5.77. The molecular formula is C38H47NO7. The number of rotatable bonds is 18. The zero-order chi connectivity index (χ0) is 32.0. The second-order valence-corrected chi connectivity index (χ2v) is 11.4. The van der Waals surface area contributed by atoms with E-state index in [-0.39, 0.29) is 18.1 Å². The summed E-state index contributed by atoms with van der Waals surface area (Å²) in [4.78, 5) is 0. The highest BCUT2D eigenvalue weighted by molar-refractivity contribution is 5.89. The number of fused-ring (bicyclic) bond motifs is 1. The number of nitrogens with one attached hydrogen (secondary N) is 1. The third-order valence-electron chi connectivity index (χ3n) is 8.30. The van der Waals surface area contributed by atoms with Gasteiger partial charge < -0.3 is 38.5 Å². The third-order valence-corrected chi connectivity index (χ3v) is 8.30. The van der Waals surface area contributed by atoms with Gasteiger partial charge in [0, 0.05) is 56.7 Å². The van der Waals surface area contributed by atoms with Gasteiger partial charge in [-0.15, -0.1) is 0 Å². The summed E-state index contributed by atoms with van der Waals surface area (Å²) in [6.07, 6.45) is 1.52. The first-order valence-electron chi connectivity index (χ1n) is 16.1. The summed E-state index contributed by atoms with van der Waals surface area (Å²) in [7, 11) is 5.11. The summed E-state index contributed by atoms with van der Waals surface area (Å²) >= 11 is 0. The maximum atomic E-state index is 6.65. The first-order valence-corrected chi connectivity index (χ1v) is 16.1. The van der Waals surface area contributed by atoms with Crippen molar-refractivity contribution in [2.75, 3.05) is 60.8 Å². The van der Waals surface area contributed by atoms with E-state index in [0.29, 0.717) is 39.6 Å². The normalized spacial score (nSPS) is 18.0. The summed E-state index contributed by atoms with van der Waals surface area (Å²) in [5.41, 5.74) is 3.29. The van der Waals surface area contributed by atoms with Crippen LogP contribution in [0.15, 0.2) is 84.9 Å². The van der Waals surface area contributed by atoms with Crippen molar-refractivity contribution in [3.05, 3.63) is 102 Å². The van der Waals surface area contributed by atoms with E-state index in [4.69, 9.17) is 33.2 Å². The average molecular weight is 630 g/mol. The molecule has 8 heteroatoms. The quantitative estimate of drug-likeness (QED) is 0.125. The average Bonchev–Trinajstić information content (AvgIpc) is 3.10. The van der Waals surface area contributed by atoms with Crippen LogP contribution in [-0.4, -0.2) is 73.1 Å². The lowest BCUT2D eigenvalue weighted by atomic mass is 9.85. The molecule has 0 bridgehead atoms. The number of benzene rings is 4. The Morgan fingerprint density at radius 2 is 1.41 bits per heavy atom. The Bertz CT molecular complexity index is 1480. The van der Waals surface area contributed by atoms with Crippen LogP contribution < -0.4 is 19.5 Å². The Balaban J connectivity index is 1.19. The monoisotopic (exact) mass is 629 g/mol. The fraction of sp³-hybridized carbons (Fsp3) is 0.421. The number of ether oxygens (including phenoxy) is 7. The van der Waals surface area contributed by atoms with Crippen LogP contribution in [0.2, 0.25) is 0 Å². The van der Waals surface area contributed by atoms with Crippen LogP contribution in [0.1, 0.15) is 35.4 Å². The minimum absolute atomic E-state index is 0.0334. The summed E-state index contributed by atoms with van der Waals surface area (Å²) < 4.78 is 41.3. The van der Waals surface area contributed by atoms with Crippen LogP contribution in [0.25, 0.3) is 10.8 Å². The van der Waals surface area contributed by atoms with Gasteiger partial charge in [-0.1, -0.05) is 54.6 Å². The Morgan fingerprint density at radius 1 is 0.674 bits per heavy atom. The Morgan fingerprint density at radius 3 is 2.22 bits per heavy atom. The molecule has 8 nitrogen and oxygen atoms in total. The number of para-hydroxylation sites is 1. The third kappa shape index (κ3) is 9.21. The summed E-state index contributed by atoms with van der Waals surface area (Å²) in [6, 6.07) is 28.8. The molecule has 1 aliphatic heterocycles. The van der Waals surface area contributed by atoms with Crippen molar-refractivity contribution in [2.45, 2.75) is 44.2 Å². The standard InChI is InChI=1S/C38H47NO7/c1-40-18-8-21-45-36-24-39-25-37(46-26-28-22-30-10-4-6-12-33(30)35(23-28)42-3)38(36)29-14-16-32(17-15-29)44-20-9-19-43-27-31-11-5-7-13-34(31)41-2/h4-7,10-17,22-23,36-39H,8-9,18-21,24-27H2,1-3H3/t36-,37+,38-/m1/s1. The van der Waals surface area contributed by atoms with E-state index in [2.05, 4.69) is 41.7 Å². The van der Waals surface area contributed by atoms with E-state index in [0.717, 1.165) is 65.1 Å². The molecule has 0 aliphatic carbocycles. The smallest absolute Gasteiger partial charge is 0.127 e. The van der Waals surface area contributed by atoms with Gasteiger partial charge in [0.2, 0.25) is 0 Å². The highest BCUT2D eigenvalue weighted by Crippen LogP contribution is 2.33. The van der Waals surface area contributed by atoms with Crippen LogP contribution in [0, 0.1) is 0 Å². The molecule has 1 heterocycles. The van der Waals surface area contributed by atoms with Crippen molar-refractivity contribution in [1.29, 1.82) is 0 Å². The fourth-order valence-electron chi connectivity index (χ4n) is 5.99. The van der Waals surface area contributed by atoms with Gasteiger partial charge >= 0.3 is 0 Å². The number of hydrogen-bond acceptors (Lipinski definition) is 8. The highest BCUT2D eigenvalue weighted by Gasteiger charge is 2.36. The molecule has 0 unspecified atom stereocenters. The SMILES string of the molecule is COCCCO[C@@H]1CNC[C@H](OCc2cc(OC)c3ccccc3c2)[C@@H]1c1ccc(OCCCOCc2ccccc2OC)cc1. The zero-order valence-corrected chi connectivity index (χ0v) is 27.2. The van der Waals surface area contributed by atoms with Crippen LogP contribution >= 0.6 is 0 Å². The molecule has 0 spiro atoms. The van der Waals surface area contributed by atoms with Gasteiger partial charge in [0.05, 0.1) is 52.9 Å². The molecule has 46 heavy (non-hydrogen) atoms. The van der Waals surface area contributed by atoms with Gasteiger partial charge in [-0.25, -0.2) is 0 Å². The van der Waals surface area contributed by atoms with Crippen molar-refractivity contribution in [3.8, 4) is 17.2 Å². The van der Waals surface area contributed by atoms with Crippen LogP contribution in [-0.2, 0) is 32.2 Å². The molecule has 1 fully saturated rings. The Labute approximate surface area is 272 Å². The predicted octanol–water partition coefficient (Wildman–Crippen LogP) is 6.54. The molecule has 1 aliphatic rings. The van der Waals surface area contributed by atoms with E-state index in [1.165, 1.54) is 5.56 Å². The van der Waals surface area contributed by atoms with Crippen molar-refractivity contribution in [1.82, 2.24) is 5.32 Å². The number of hydrogen-bond donors (Lipinski definition) is 1. The number of methoxy groups -OCH3 is 3. The molecular weight excluding hydrogens is 582 g/mol. The molecule has 0 saturated carbocycles. The van der Waals surface area contributed by atoms with Crippen molar-refractivity contribution >= 4 is 10.8 Å². The van der Waals surface area contributed by atoms with E-state index >= 15 is 0 Å². The van der Waals surface area contributed by atoms with Gasteiger partial charge in [-0.3, -0.25) is 0 Å². The molecule has 5 rings (SSSR count). The molecule has 0 amide bonds. The van der Waals surface area contributed by atoms with Crippen LogP contribution in [0.4, 0.5) is 0 Å². The minimum atomic E-state index is -0.0780. The lowest BCUT2D eigenvalue weighted by Crippen LogP contribution is -2.50. The minimum Gasteiger partial charge on any atom is -0.496 e. The number of piperidine rings is 1. The predicted molar refractivity (Wildman–Crippen MR) is 180 cm³/mol. The maximum absolute atomic E-state index is 6.65. The first kappa shape index (κ1) is 33.7. The highest BCUT2D eigenvalue weighted by atomic mass is 16.5. The molecule has 1 saturated heterocycles. The molecule has 1 N–H and O–H groups in total. The molecule has 4 aromatic rings. The molecule has 4 aromatic carbocycles. The van der Waals surface area contributed by atoms with E-state index in [1.54, 1.807) is 21.3 Å². The van der Waals surface area contributed by atoms with Crippen molar-refractivity contribution in [2.24, 2.45) is 0 Å². The fourth-order valence-corrected chi connectivity index (χ4v) is 5.99. The van der Waals surface area contributed by atoms with Crippen molar-refractivity contribution < 1.29 is 33.2 Å². The van der Waals surface area contributed by atoms with Gasteiger partial charge in [0.1, 0.15) is 17.2 Å². The first-order chi connectivity index (χ1) is 22.7. The molecule has 0 radical (unpaired) electrons. The second-order valence-electron chi connectivity index (χ2n) is 11.4. The van der Waals surface area contributed by atoms with E-state index in [1.807, 2.05) is 48.5 Å². The Hall–Kier alpha value is -3.66. The van der Waals surface area contributed by atoms with Crippen molar-refractivity contribution in [3.63, 3.8) is 0 Å².